The molecule has 118 valence electrons. The van der Waals surface area contributed by atoms with E-state index >= 15 is 0 Å². The molecule has 0 spiro atoms. The van der Waals surface area contributed by atoms with Gasteiger partial charge in [-0.15, -0.1) is 0 Å². The molecular weight excluding hydrogens is 301 g/mol. The number of imidazole rings is 1. The van der Waals surface area contributed by atoms with Gasteiger partial charge in [-0.1, -0.05) is 43.8 Å². The van der Waals surface area contributed by atoms with E-state index in [9.17, 15) is 9.18 Å². The van der Waals surface area contributed by atoms with E-state index in [1.165, 1.54) is 17.8 Å². The number of nitrogens with one attached hydrogen (secondary N) is 1. The first-order chi connectivity index (χ1) is 10.5. The van der Waals surface area contributed by atoms with Crippen LogP contribution < -0.4 is 5.32 Å². The molecule has 0 unspecified atom stereocenters. The number of hydrogen-bond acceptors (Lipinski definition) is 3. The normalized spacial score (nSPS) is 12.4. The van der Waals surface area contributed by atoms with Crippen LogP contribution in [0.5, 0.6) is 0 Å². The molecule has 2 rings (SSSR count). The second-order valence-electron chi connectivity index (χ2n) is 5.41. The average Bonchev–Trinajstić information content (AvgIpc) is 2.88. The summed E-state index contributed by atoms with van der Waals surface area (Å²) in [5, 5.41) is 3.34. The average molecular weight is 321 g/mol. The van der Waals surface area contributed by atoms with E-state index in [2.05, 4.69) is 10.3 Å². The number of aromatic nitrogens is 2. The maximum absolute atomic E-state index is 13.6. The van der Waals surface area contributed by atoms with Crippen molar-refractivity contribution in [1.29, 1.82) is 0 Å². The molecule has 0 fully saturated rings. The molecule has 0 saturated heterocycles. The maximum Gasteiger partial charge on any atom is 0.234 e. The van der Waals surface area contributed by atoms with Crippen molar-refractivity contribution in [2.75, 3.05) is 0 Å². The zero-order valence-electron chi connectivity index (χ0n) is 12.9. The number of rotatable bonds is 6. The number of nitrogens with zero attached hydrogens (tertiary/aromatic N) is 2. The molecule has 1 N–H and O–H groups in total. The molecule has 1 atom stereocenters. The zero-order chi connectivity index (χ0) is 16.1. The van der Waals surface area contributed by atoms with Crippen molar-refractivity contribution in [3.8, 4) is 0 Å². The number of halogens is 1. The van der Waals surface area contributed by atoms with Gasteiger partial charge in [-0.2, -0.15) is 0 Å². The molecule has 1 amide bonds. The van der Waals surface area contributed by atoms with Crippen molar-refractivity contribution in [2.45, 2.75) is 30.8 Å². The summed E-state index contributed by atoms with van der Waals surface area (Å²) < 4.78 is 15.5. The van der Waals surface area contributed by atoms with Crippen molar-refractivity contribution >= 4 is 17.7 Å². The van der Waals surface area contributed by atoms with Crippen molar-refractivity contribution in [3.63, 3.8) is 0 Å². The maximum atomic E-state index is 13.6. The third kappa shape index (κ3) is 4.10. The highest BCUT2D eigenvalue weighted by atomic mass is 32.2. The molecule has 1 aromatic heterocycles. The summed E-state index contributed by atoms with van der Waals surface area (Å²) in [6, 6.07) is 6.46. The first kappa shape index (κ1) is 16.5. The fourth-order valence-electron chi connectivity index (χ4n) is 2.00. The SMILES string of the molecule is CC(C)[C@@H](Sc1nccn1C)C(=O)NCc1ccccc1F. The lowest BCUT2D eigenvalue weighted by molar-refractivity contribution is -0.121. The van der Waals surface area contributed by atoms with Gasteiger partial charge < -0.3 is 9.88 Å². The molecule has 0 saturated carbocycles. The summed E-state index contributed by atoms with van der Waals surface area (Å²) >= 11 is 1.42. The third-order valence-corrected chi connectivity index (χ3v) is 4.90. The predicted octanol–water partition coefficient (Wildman–Crippen LogP) is 2.99. The number of thioether (sulfide) groups is 1. The van der Waals surface area contributed by atoms with Gasteiger partial charge >= 0.3 is 0 Å². The fraction of sp³-hybridized carbons (Fsp3) is 0.375. The molecule has 0 bridgehead atoms. The van der Waals surface area contributed by atoms with E-state index in [0.717, 1.165) is 5.16 Å². The quantitative estimate of drug-likeness (QED) is 0.832. The molecule has 4 nitrogen and oxygen atoms in total. The van der Waals surface area contributed by atoms with E-state index in [1.807, 2.05) is 31.7 Å². The smallest absolute Gasteiger partial charge is 0.234 e. The van der Waals surface area contributed by atoms with E-state index in [0.29, 0.717) is 5.56 Å². The van der Waals surface area contributed by atoms with Crippen LogP contribution in [0.15, 0.2) is 41.8 Å². The number of benzene rings is 1. The van der Waals surface area contributed by atoms with Gasteiger partial charge in [-0.25, -0.2) is 9.37 Å². The molecule has 1 aromatic carbocycles. The van der Waals surface area contributed by atoms with E-state index in [4.69, 9.17) is 0 Å². The second-order valence-corrected chi connectivity index (χ2v) is 6.52. The Balaban J connectivity index is 2.01. The summed E-state index contributed by atoms with van der Waals surface area (Å²) in [6.45, 7) is 4.17. The van der Waals surface area contributed by atoms with E-state index in [1.54, 1.807) is 24.4 Å². The molecule has 0 radical (unpaired) electrons. The highest BCUT2D eigenvalue weighted by Gasteiger charge is 2.25. The Morgan fingerprint density at radius 2 is 2.14 bits per heavy atom. The topological polar surface area (TPSA) is 46.9 Å². The number of amides is 1. The van der Waals surface area contributed by atoms with Crippen LogP contribution in [0.2, 0.25) is 0 Å². The Hall–Kier alpha value is -1.82. The van der Waals surface area contributed by atoms with Gasteiger partial charge in [0, 0.05) is 31.5 Å². The van der Waals surface area contributed by atoms with Gasteiger partial charge in [0.1, 0.15) is 5.82 Å². The Morgan fingerprint density at radius 3 is 2.73 bits per heavy atom. The van der Waals surface area contributed by atoms with Crippen LogP contribution in [-0.4, -0.2) is 20.7 Å². The Morgan fingerprint density at radius 1 is 1.41 bits per heavy atom. The molecule has 22 heavy (non-hydrogen) atoms. The molecular formula is C16H20FN3OS. The van der Waals surface area contributed by atoms with Crippen LogP contribution in [0.25, 0.3) is 0 Å². The van der Waals surface area contributed by atoms with Gasteiger partial charge in [0.2, 0.25) is 5.91 Å². The highest BCUT2D eigenvalue weighted by Crippen LogP contribution is 2.26. The number of carbonyl (C=O) groups is 1. The summed E-state index contributed by atoms with van der Waals surface area (Å²) in [5.74, 6) is -0.269. The van der Waals surface area contributed by atoms with Crippen LogP contribution in [0, 0.1) is 11.7 Å². The Labute approximate surface area is 134 Å². The third-order valence-electron chi connectivity index (χ3n) is 3.28. The number of hydrogen-bond donors (Lipinski definition) is 1. The number of carbonyl (C=O) groups excluding carboxylic acids is 1. The highest BCUT2D eigenvalue weighted by molar-refractivity contribution is 8.00. The Kier molecular flexibility index (Phi) is 5.60. The van der Waals surface area contributed by atoms with Crippen molar-refractivity contribution in [1.82, 2.24) is 14.9 Å². The standard InChI is InChI=1S/C16H20FN3OS/c1-11(2)14(22-16-18-8-9-20(16)3)15(21)19-10-12-6-4-5-7-13(12)17/h4-9,11,14H,10H2,1-3H3,(H,19,21)/t14-/m1/s1. The summed E-state index contributed by atoms with van der Waals surface area (Å²) in [6.07, 6.45) is 3.55. The van der Waals surface area contributed by atoms with Crippen LogP contribution >= 0.6 is 11.8 Å². The first-order valence-corrected chi connectivity index (χ1v) is 8.02. The minimum absolute atomic E-state index is 0.105. The van der Waals surface area contributed by atoms with Gasteiger partial charge in [0.15, 0.2) is 5.16 Å². The molecule has 0 aliphatic rings. The Bertz CT molecular complexity index is 642. The van der Waals surface area contributed by atoms with Crippen molar-refractivity contribution < 1.29 is 9.18 Å². The van der Waals surface area contributed by atoms with Crippen LogP contribution in [-0.2, 0) is 18.4 Å². The summed E-state index contributed by atoms with van der Waals surface area (Å²) in [4.78, 5) is 16.7. The predicted molar refractivity (Wildman–Crippen MR) is 85.9 cm³/mol. The second kappa shape index (κ2) is 7.45. The first-order valence-electron chi connectivity index (χ1n) is 7.14. The largest absolute Gasteiger partial charge is 0.351 e. The fourth-order valence-corrected chi connectivity index (χ4v) is 3.03. The number of aryl methyl sites for hydroxylation is 1. The van der Waals surface area contributed by atoms with Crippen molar-refractivity contribution in [3.05, 3.63) is 48.0 Å². The van der Waals surface area contributed by atoms with Gasteiger partial charge in [0.25, 0.3) is 0 Å². The lowest BCUT2D eigenvalue weighted by Crippen LogP contribution is -2.35. The van der Waals surface area contributed by atoms with E-state index < -0.39 is 0 Å². The van der Waals surface area contributed by atoms with Crippen molar-refractivity contribution in [2.24, 2.45) is 13.0 Å². The zero-order valence-corrected chi connectivity index (χ0v) is 13.7. The van der Waals surface area contributed by atoms with E-state index in [-0.39, 0.29) is 29.4 Å². The van der Waals surface area contributed by atoms with Crippen LogP contribution in [0.3, 0.4) is 0 Å². The molecule has 2 aromatic rings. The molecule has 1 heterocycles. The molecule has 6 heteroatoms. The minimum Gasteiger partial charge on any atom is -0.351 e. The summed E-state index contributed by atoms with van der Waals surface area (Å²) in [7, 11) is 1.89. The molecule has 0 aliphatic carbocycles. The minimum atomic E-state index is -0.305. The van der Waals surface area contributed by atoms with Gasteiger partial charge in [-0.05, 0) is 12.0 Å². The summed E-state index contributed by atoms with van der Waals surface area (Å²) in [5.41, 5.74) is 0.486. The van der Waals surface area contributed by atoms with Crippen LogP contribution in [0.4, 0.5) is 4.39 Å². The van der Waals surface area contributed by atoms with Gasteiger partial charge in [0.05, 0.1) is 5.25 Å². The van der Waals surface area contributed by atoms with Crippen LogP contribution in [0.1, 0.15) is 19.4 Å². The lowest BCUT2D eigenvalue weighted by atomic mass is 10.1. The monoisotopic (exact) mass is 321 g/mol. The van der Waals surface area contributed by atoms with Gasteiger partial charge in [-0.3, -0.25) is 4.79 Å². The molecule has 0 aliphatic heterocycles. The lowest BCUT2D eigenvalue weighted by Gasteiger charge is -2.19.